The SMILES string of the molecule is Cc1[nH+]c(NCc2ccccc2)c(C#N)c(C)c1[N+](=O)[O-]. The number of aromatic amines is 1. The van der Waals surface area contributed by atoms with E-state index in [1.165, 1.54) is 0 Å². The normalized spacial score (nSPS) is 9.95. The van der Waals surface area contributed by atoms with Gasteiger partial charge in [-0.3, -0.25) is 15.4 Å². The Morgan fingerprint density at radius 3 is 2.57 bits per heavy atom. The molecule has 0 aliphatic rings. The molecule has 6 nitrogen and oxygen atoms in total. The molecule has 2 N–H and O–H groups in total. The first kappa shape index (κ1) is 14.5. The van der Waals surface area contributed by atoms with E-state index >= 15 is 0 Å². The molecule has 21 heavy (non-hydrogen) atoms. The van der Waals surface area contributed by atoms with Crippen molar-refractivity contribution in [1.82, 2.24) is 0 Å². The van der Waals surface area contributed by atoms with Crippen LogP contribution in [0.15, 0.2) is 30.3 Å². The number of hydrogen-bond donors (Lipinski definition) is 1. The number of rotatable bonds is 4. The van der Waals surface area contributed by atoms with Crippen LogP contribution in [0, 0.1) is 35.3 Å². The van der Waals surface area contributed by atoms with E-state index in [2.05, 4.69) is 10.3 Å². The monoisotopic (exact) mass is 283 g/mol. The van der Waals surface area contributed by atoms with Crippen molar-refractivity contribution in [3.05, 3.63) is 62.8 Å². The highest BCUT2D eigenvalue weighted by Gasteiger charge is 2.26. The summed E-state index contributed by atoms with van der Waals surface area (Å²) in [5.41, 5.74) is 2.07. The summed E-state index contributed by atoms with van der Waals surface area (Å²) in [5, 5.41) is 23.4. The molecule has 1 aromatic heterocycles. The minimum atomic E-state index is -0.469. The molecular formula is C15H15N4O2+. The fourth-order valence-corrected chi connectivity index (χ4v) is 2.23. The van der Waals surface area contributed by atoms with Crippen molar-refractivity contribution in [2.45, 2.75) is 20.4 Å². The fourth-order valence-electron chi connectivity index (χ4n) is 2.23. The third-order valence-corrected chi connectivity index (χ3v) is 3.25. The molecule has 0 aliphatic carbocycles. The average Bonchev–Trinajstić information content (AvgIpc) is 2.45. The lowest BCUT2D eigenvalue weighted by molar-refractivity contribution is -0.419. The predicted molar refractivity (Wildman–Crippen MR) is 77.6 cm³/mol. The van der Waals surface area contributed by atoms with Crippen molar-refractivity contribution in [2.75, 3.05) is 5.32 Å². The summed E-state index contributed by atoms with van der Waals surface area (Å²) in [6, 6.07) is 11.7. The molecule has 0 spiro atoms. The fraction of sp³-hybridized carbons (Fsp3) is 0.200. The van der Waals surface area contributed by atoms with Crippen LogP contribution >= 0.6 is 0 Å². The van der Waals surface area contributed by atoms with E-state index in [1.807, 2.05) is 36.4 Å². The van der Waals surface area contributed by atoms with Crippen LogP contribution < -0.4 is 10.3 Å². The van der Waals surface area contributed by atoms with Gasteiger partial charge in [0.05, 0.1) is 10.5 Å². The number of aromatic nitrogens is 1. The molecule has 106 valence electrons. The van der Waals surface area contributed by atoms with Crippen molar-refractivity contribution < 1.29 is 9.91 Å². The summed E-state index contributed by atoms with van der Waals surface area (Å²) in [6.07, 6.45) is 0. The number of nitro groups is 1. The number of H-pyrrole nitrogens is 1. The number of anilines is 1. The Kier molecular flexibility index (Phi) is 4.14. The van der Waals surface area contributed by atoms with Crippen molar-refractivity contribution in [3.8, 4) is 6.07 Å². The maximum absolute atomic E-state index is 11.1. The van der Waals surface area contributed by atoms with Gasteiger partial charge in [0.25, 0.3) is 5.82 Å². The van der Waals surface area contributed by atoms with Gasteiger partial charge in [-0.25, -0.2) is 4.98 Å². The molecule has 0 amide bonds. The lowest BCUT2D eigenvalue weighted by Crippen LogP contribution is -2.21. The van der Waals surface area contributed by atoms with Crippen LogP contribution in [0.25, 0.3) is 0 Å². The number of benzene rings is 1. The zero-order valence-corrected chi connectivity index (χ0v) is 11.8. The highest BCUT2D eigenvalue weighted by Crippen LogP contribution is 2.26. The summed E-state index contributed by atoms with van der Waals surface area (Å²) in [4.78, 5) is 13.5. The topological polar surface area (TPSA) is 93.1 Å². The van der Waals surface area contributed by atoms with Gasteiger partial charge in [-0.05, 0) is 12.5 Å². The van der Waals surface area contributed by atoms with Gasteiger partial charge < -0.3 is 0 Å². The zero-order chi connectivity index (χ0) is 15.4. The largest absolute Gasteiger partial charge is 0.315 e. The van der Waals surface area contributed by atoms with Gasteiger partial charge in [0, 0.05) is 6.92 Å². The van der Waals surface area contributed by atoms with Crippen molar-refractivity contribution in [2.24, 2.45) is 0 Å². The first-order valence-corrected chi connectivity index (χ1v) is 6.43. The molecule has 2 aromatic rings. The summed E-state index contributed by atoms with van der Waals surface area (Å²) >= 11 is 0. The van der Waals surface area contributed by atoms with Gasteiger partial charge >= 0.3 is 5.69 Å². The quantitative estimate of drug-likeness (QED) is 0.689. The highest BCUT2D eigenvalue weighted by atomic mass is 16.6. The van der Waals surface area contributed by atoms with E-state index in [9.17, 15) is 15.4 Å². The first-order chi connectivity index (χ1) is 10.0. The lowest BCUT2D eigenvalue weighted by Gasteiger charge is -2.06. The predicted octanol–water partition coefficient (Wildman–Crippen LogP) is 2.51. The van der Waals surface area contributed by atoms with Crippen LogP contribution in [0.4, 0.5) is 11.5 Å². The number of hydrogen-bond acceptors (Lipinski definition) is 4. The van der Waals surface area contributed by atoms with E-state index in [-0.39, 0.29) is 11.3 Å². The van der Waals surface area contributed by atoms with E-state index in [0.29, 0.717) is 23.6 Å². The summed E-state index contributed by atoms with van der Waals surface area (Å²) in [7, 11) is 0. The molecule has 0 fully saturated rings. The Morgan fingerprint density at radius 2 is 2.00 bits per heavy atom. The van der Waals surface area contributed by atoms with Gasteiger partial charge in [0.2, 0.25) is 0 Å². The van der Waals surface area contributed by atoms with Crippen LogP contribution in [0.2, 0.25) is 0 Å². The molecule has 0 bridgehead atoms. The number of pyridine rings is 1. The van der Waals surface area contributed by atoms with Crippen LogP contribution in [0.3, 0.4) is 0 Å². The second-order valence-electron chi connectivity index (χ2n) is 4.68. The standard InChI is InChI=1S/C15H14N4O2/c1-10-13(8-16)15(18-11(2)14(10)19(20)21)17-9-12-6-4-3-5-7-12/h3-7H,9H2,1-2H3,(H,17,18)/p+1. The average molecular weight is 283 g/mol. The molecule has 0 radical (unpaired) electrons. The summed E-state index contributed by atoms with van der Waals surface area (Å²) in [5.74, 6) is 0.502. The molecule has 0 atom stereocenters. The van der Waals surface area contributed by atoms with Gasteiger partial charge in [-0.2, -0.15) is 5.26 Å². The third kappa shape index (κ3) is 2.98. The number of nitrogens with zero attached hydrogens (tertiary/aromatic N) is 2. The number of nitriles is 1. The summed E-state index contributed by atoms with van der Waals surface area (Å²) in [6.45, 7) is 3.74. The van der Waals surface area contributed by atoms with Gasteiger partial charge in [0.1, 0.15) is 12.6 Å². The third-order valence-electron chi connectivity index (χ3n) is 3.25. The zero-order valence-electron chi connectivity index (χ0n) is 11.8. The Bertz CT molecular complexity index is 721. The van der Waals surface area contributed by atoms with E-state index in [1.54, 1.807) is 13.8 Å². The van der Waals surface area contributed by atoms with Crippen LogP contribution in [0.5, 0.6) is 0 Å². The Hall–Kier alpha value is -2.94. The molecular weight excluding hydrogens is 268 g/mol. The number of nitrogens with one attached hydrogen (secondary N) is 2. The molecule has 1 heterocycles. The van der Waals surface area contributed by atoms with Gasteiger partial charge in [-0.1, -0.05) is 30.3 Å². The lowest BCUT2D eigenvalue weighted by atomic mass is 10.1. The van der Waals surface area contributed by atoms with Crippen molar-refractivity contribution in [3.63, 3.8) is 0 Å². The molecule has 6 heteroatoms. The molecule has 0 aliphatic heterocycles. The van der Waals surface area contributed by atoms with E-state index in [4.69, 9.17) is 0 Å². The van der Waals surface area contributed by atoms with Crippen LogP contribution in [-0.4, -0.2) is 4.92 Å². The second-order valence-corrected chi connectivity index (χ2v) is 4.68. The minimum absolute atomic E-state index is 0.0446. The van der Waals surface area contributed by atoms with Crippen LogP contribution in [-0.2, 0) is 6.54 Å². The maximum atomic E-state index is 11.1. The minimum Gasteiger partial charge on any atom is -0.269 e. The first-order valence-electron chi connectivity index (χ1n) is 6.43. The highest BCUT2D eigenvalue weighted by molar-refractivity contribution is 5.59. The van der Waals surface area contributed by atoms with E-state index < -0.39 is 4.92 Å². The maximum Gasteiger partial charge on any atom is 0.315 e. The van der Waals surface area contributed by atoms with Crippen molar-refractivity contribution in [1.29, 1.82) is 5.26 Å². The number of aryl methyl sites for hydroxylation is 1. The molecule has 0 saturated heterocycles. The Morgan fingerprint density at radius 1 is 1.33 bits per heavy atom. The molecule has 0 unspecified atom stereocenters. The Labute approximate surface area is 122 Å². The molecule has 0 saturated carbocycles. The van der Waals surface area contributed by atoms with E-state index in [0.717, 1.165) is 5.56 Å². The molecule has 2 rings (SSSR count). The molecule has 1 aromatic carbocycles. The Balaban J connectivity index is 2.36. The second kappa shape index (κ2) is 6.01. The van der Waals surface area contributed by atoms with Crippen LogP contribution in [0.1, 0.15) is 22.4 Å². The van der Waals surface area contributed by atoms with Gasteiger partial charge in [0.15, 0.2) is 11.3 Å². The smallest absolute Gasteiger partial charge is 0.269 e. The van der Waals surface area contributed by atoms with Crippen molar-refractivity contribution >= 4 is 11.5 Å². The van der Waals surface area contributed by atoms with Gasteiger partial charge in [-0.15, -0.1) is 0 Å². The summed E-state index contributed by atoms with van der Waals surface area (Å²) < 4.78 is 0.